The van der Waals surface area contributed by atoms with Gasteiger partial charge in [0.1, 0.15) is 11.5 Å². The second-order valence-electron chi connectivity index (χ2n) is 7.45. The van der Waals surface area contributed by atoms with Crippen LogP contribution in [0, 0.1) is 6.92 Å². The van der Waals surface area contributed by atoms with E-state index in [1.807, 2.05) is 25.1 Å². The van der Waals surface area contributed by atoms with Gasteiger partial charge in [-0.3, -0.25) is 9.20 Å². The SMILES string of the molecule is Cc1cccn2c(=O)cc(CSc3nnc(C4CC4)n3Cc3ccccc3)nc12. The summed E-state index contributed by atoms with van der Waals surface area (Å²) in [6.45, 7) is 2.73. The number of fused-ring (bicyclic) bond motifs is 1. The molecule has 5 rings (SSSR count). The van der Waals surface area contributed by atoms with Gasteiger partial charge >= 0.3 is 0 Å². The Morgan fingerprint density at radius 2 is 1.93 bits per heavy atom. The highest BCUT2D eigenvalue weighted by atomic mass is 32.2. The molecule has 0 saturated heterocycles. The molecule has 4 aromatic rings. The normalized spacial score (nSPS) is 13.8. The molecule has 29 heavy (non-hydrogen) atoms. The molecule has 0 bridgehead atoms. The Morgan fingerprint density at radius 3 is 2.72 bits per heavy atom. The summed E-state index contributed by atoms with van der Waals surface area (Å²) in [6, 6.07) is 15.8. The van der Waals surface area contributed by atoms with E-state index >= 15 is 0 Å². The number of pyridine rings is 1. The Hall–Kier alpha value is -2.93. The van der Waals surface area contributed by atoms with E-state index in [0.717, 1.165) is 28.8 Å². The van der Waals surface area contributed by atoms with Gasteiger partial charge in [0.15, 0.2) is 5.16 Å². The number of hydrogen-bond donors (Lipinski definition) is 0. The van der Waals surface area contributed by atoms with Crippen molar-refractivity contribution in [2.24, 2.45) is 0 Å². The maximum Gasteiger partial charge on any atom is 0.258 e. The van der Waals surface area contributed by atoms with Crippen molar-refractivity contribution in [1.82, 2.24) is 24.1 Å². The maximum atomic E-state index is 12.5. The highest BCUT2D eigenvalue weighted by molar-refractivity contribution is 7.98. The van der Waals surface area contributed by atoms with Gasteiger partial charge in [-0.05, 0) is 37.0 Å². The standard InChI is InChI=1S/C22H21N5OS/c1-15-6-5-11-26-19(28)12-18(23-20(15)26)14-29-22-25-24-21(17-9-10-17)27(22)13-16-7-3-2-4-8-16/h2-8,11-12,17H,9-10,13-14H2,1H3. The van der Waals surface area contributed by atoms with Crippen LogP contribution in [0.5, 0.6) is 0 Å². The minimum atomic E-state index is -0.0567. The van der Waals surface area contributed by atoms with E-state index in [1.165, 1.54) is 18.4 Å². The van der Waals surface area contributed by atoms with Crippen molar-refractivity contribution in [3.05, 3.63) is 87.7 Å². The summed E-state index contributed by atoms with van der Waals surface area (Å²) < 4.78 is 3.81. The van der Waals surface area contributed by atoms with Crippen LogP contribution in [-0.4, -0.2) is 24.1 Å². The van der Waals surface area contributed by atoms with Crippen molar-refractivity contribution in [2.75, 3.05) is 0 Å². The highest BCUT2D eigenvalue weighted by Gasteiger charge is 2.30. The molecular weight excluding hydrogens is 382 g/mol. The van der Waals surface area contributed by atoms with Crippen molar-refractivity contribution < 1.29 is 0 Å². The lowest BCUT2D eigenvalue weighted by molar-refractivity contribution is 0.667. The molecule has 3 aromatic heterocycles. The van der Waals surface area contributed by atoms with Gasteiger partial charge in [-0.25, -0.2) is 4.98 Å². The number of aryl methyl sites for hydroxylation is 1. The maximum absolute atomic E-state index is 12.5. The number of aromatic nitrogens is 5. The van der Waals surface area contributed by atoms with Gasteiger partial charge in [-0.15, -0.1) is 10.2 Å². The van der Waals surface area contributed by atoms with Gasteiger partial charge in [-0.1, -0.05) is 48.2 Å². The lowest BCUT2D eigenvalue weighted by Crippen LogP contribution is -2.15. The first kappa shape index (κ1) is 18.1. The van der Waals surface area contributed by atoms with Crippen molar-refractivity contribution in [1.29, 1.82) is 0 Å². The van der Waals surface area contributed by atoms with Crippen LogP contribution in [-0.2, 0) is 12.3 Å². The average Bonchev–Trinajstić information content (AvgIpc) is 3.50. The highest BCUT2D eigenvalue weighted by Crippen LogP contribution is 2.40. The molecule has 7 heteroatoms. The first-order valence-corrected chi connectivity index (χ1v) is 10.8. The fraction of sp³-hybridized carbons (Fsp3) is 0.273. The molecule has 146 valence electrons. The van der Waals surface area contributed by atoms with E-state index in [2.05, 4.69) is 39.0 Å². The van der Waals surface area contributed by atoms with Crippen molar-refractivity contribution in [2.45, 2.75) is 43.1 Å². The third-order valence-electron chi connectivity index (χ3n) is 5.16. The second kappa shape index (κ2) is 7.48. The monoisotopic (exact) mass is 403 g/mol. The van der Waals surface area contributed by atoms with Crippen LogP contribution >= 0.6 is 11.8 Å². The third kappa shape index (κ3) is 3.70. The Balaban J connectivity index is 1.43. The molecule has 0 amide bonds. The summed E-state index contributed by atoms with van der Waals surface area (Å²) >= 11 is 1.59. The summed E-state index contributed by atoms with van der Waals surface area (Å²) in [4.78, 5) is 17.2. The Kier molecular flexibility index (Phi) is 4.67. The zero-order chi connectivity index (χ0) is 19.8. The van der Waals surface area contributed by atoms with E-state index in [4.69, 9.17) is 4.98 Å². The van der Waals surface area contributed by atoms with Crippen LogP contribution in [0.1, 0.15) is 41.4 Å². The molecule has 1 aliphatic rings. The summed E-state index contributed by atoms with van der Waals surface area (Å²) in [6.07, 6.45) is 4.12. The van der Waals surface area contributed by atoms with Gasteiger partial charge in [-0.2, -0.15) is 0 Å². The quantitative estimate of drug-likeness (QED) is 0.458. The molecule has 0 aliphatic heterocycles. The molecular formula is C22H21N5OS. The molecule has 0 atom stereocenters. The first-order chi connectivity index (χ1) is 14.2. The molecule has 6 nitrogen and oxygen atoms in total. The average molecular weight is 404 g/mol. The van der Waals surface area contributed by atoms with Crippen LogP contribution in [0.3, 0.4) is 0 Å². The van der Waals surface area contributed by atoms with Gasteiger partial charge in [0.2, 0.25) is 0 Å². The van der Waals surface area contributed by atoms with E-state index < -0.39 is 0 Å². The van der Waals surface area contributed by atoms with Crippen molar-refractivity contribution >= 4 is 17.4 Å². The van der Waals surface area contributed by atoms with Gasteiger partial charge in [0.25, 0.3) is 5.56 Å². The number of rotatable bonds is 6. The molecule has 1 aliphatic carbocycles. The third-order valence-corrected chi connectivity index (χ3v) is 6.16. The molecule has 0 radical (unpaired) electrons. The first-order valence-electron chi connectivity index (χ1n) is 9.77. The Bertz CT molecular complexity index is 1230. The summed E-state index contributed by atoms with van der Waals surface area (Å²) in [5.74, 6) is 2.17. The fourth-order valence-corrected chi connectivity index (χ4v) is 4.32. The van der Waals surface area contributed by atoms with E-state index in [1.54, 1.807) is 28.4 Å². The van der Waals surface area contributed by atoms with Crippen molar-refractivity contribution in [3.8, 4) is 0 Å². The number of nitrogens with zero attached hydrogens (tertiary/aromatic N) is 5. The second-order valence-corrected chi connectivity index (χ2v) is 8.39. The lowest BCUT2D eigenvalue weighted by atomic mass is 10.2. The molecule has 0 unspecified atom stereocenters. The summed E-state index contributed by atoms with van der Waals surface area (Å²) in [5, 5.41) is 9.81. The zero-order valence-corrected chi connectivity index (χ0v) is 17.0. The van der Waals surface area contributed by atoms with Gasteiger partial charge < -0.3 is 4.57 Å². The summed E-state index contributed by atoms with van der Waals surface area (Å²) in [7, 11) is 0. The number of benzene rings is 1. The lowest BCUT2D eigenvalue weighted by Gasteiger charge is -2.10. The van der Waals surface area contributed by atoms with Crippen LogP contribution in [0.2, 0.25) is 0 Å². The van der Waals surface area contributed by atoms with E-state index in [-0.39, 0.29) is 5.56 Å². The fourth-order valence-electron chi connectivity index (χ4n) is 3.49. The van der Waals surface area contributed by atoms with Crippen LogP contribution in [0.4, 0.5) is 0 Å². The summed E-state index contributed by atoms with van der Waals surface area (Å²) in [5.41, 5.74) is 3.63. The van der Waals surface area contributed by atoms with E-state index in [0.29, 0.717) is 17.3 Å². The topological polar surface area (TPSA) is 65.1 Å². The molecule has 1 fully saturated rings. The van der Waals surface area contributed by atoms with Crippen LogP contribution in [0.25, 0.3) is 5.65 Å². The Labute approximate surface area is 172 Å². The molecule has 0 spiro atoms. The molecule has 1 saturated carbocycles. The van der Waals surface area contributed by atoms with Crippen LogP contribution in [0.15, 0.2) is 64.7 Å². The van der Waals surface area contributed by atoms with Gasteiger partial charge in [0.05, 0.1) is 12.2 Å². The number of hydrogen-bond acceptors (Lipinski definition) is 5. The molecule has 1 aromatic carbocycles. The van der Waals surface area contributed by atoms with Crippen LogP contribution < -0.4 is 5.56 Å². The number of thioether (sulfide) groups is 1. The predicted octanol–water partition coefficient (Wildman–Crippen LogP) is 3.81. The minimum Gasteiger partial charge on any atom is -0.301 e. The zero-order valence-electron chi connectivity index (χ0n) is 16.2. The Morgan fingerprint density at radius 1 is 1.10 bits per heavy atom. The largest absolute Gasteiger partial charge is 0.301 e. The predicted molar refractivity (Wildman–Crippen MR) is 113 cm³/mol. The molecule has 3 heterocycles. The van der Waals surface area contributed by atoms with Crippen molar-refractivity contribution in [3.63, 3.8) is 0 Å². The molecule has 0 N–H and O–H groups in total. The van der Waals surface area contributed by atoms with Gasteiger partial charge in [0, 0.05) is 23.9 Å². The smallest absolute Gasteiger partial charge is 0.258 e. The minimum absolute atomic E-state index is 0.0567. The van der Waals surface area contributed by atoms with E-state index in [9.17, 15) is 4.79 Å².